The van der Waals surface area contributed by atoms with Gasteiger partial charge in [0.25, 0.3) is 5.91 Å². The first-order chi connectivity index (χ1) is 13.7. The summed E-state index contributed by atoms with van der Waals surface area (Å²) in [7, 11) is 0. The number of benzene rings is 2. The van der Waals surface area contributed by atoms with E-state index in [9.17, 15) is 18.0 Å². The number of carbonyl (C=O) groups excluding carboxylic acids is 1. The van der Waals surface area contributed by atoms with E-state index in [1.54, 1.807) is 36.4 Å². The fraction of sp³-hybridized carbons (Fsp3) is 0.100. The van der Waals surface area contributed by atoms with Crippen LogP contribution in [0.25, 0.3) is 0 Å². The molecule has 3 rings (SSSR count). The van der Waals surface area contributed by atoms with Crippen LogP contribution in [0, 0.1) is 0 Å². The van der Waals surface area contributed by atoms with E-state index >= 15 is 0 Å². The van der Waals surface area contributed by atoms with Gasteiger partial charge in [-0.15, -0.1) is 0 Å². The number of alkyl halides is 3. The fourth-order valence-corrected chi connectivity index (χ4v) is 2.83. The van der Waals surface area contributed by atoms with E-state index in [-0.39, 0.29) is 17.4 Å². The Bertz CT molecular complexity index is 1030. The second-order valence-corrected chi connectivity index (χ2v) is 6.85. The summed E-state index contributed by atoms with van der Waals surface area (Å²) in [6.45, 7) is 0.0975. The number of pyridine rings is 1. The third kappa shape index (κ3) is 5.40. The van der Waals surface area contributed by atoms with Crippen LogP contribution in [0.5, 0.6) is 0 Å². The zero-order chi connectivity index (χ0) is 21.0. The Labute approximate surface area is 174 Å². The van der Waals surface area contributed by atoms with E-state index < -0.39 is 23.2 Å². The van der Waals surface area contributed by atoms with Crippen molar-refractivity contribution in [1.29, 1.82) is 0 Å². The summed E-state index contributed by atoms with van der Waals surface area (Å²) in [6, 6.07) is 14.1. The highest BCUT2D eigenvalue weighted by Crippen LogP contribution is 2.34. The topological polar surface area (TPSA) is 54.0 Å². The molecule has 3 aromatic rings. The molecule has 0 spiro atoms. The number of nitrogens with one attached hydrogen (secondary N) is 2. The normalized spacial score (nSPS) is 11.2. The highest BCUT2D eigenvalue weighted by atomic mass is 35.5. The number of aromatic nitrogens is 1. The van der Waals surface area contributed by atoms with Gasteiger partial charge in [0.05, 0.1) is 21.2 Å². The number of nitrogens with zero attached hydrogens (tertiary/aromatic N) is 1. The summed E-state index contributed by atoms with van der Waals surface area (Å²) in [6.07, 6.45) is -3.85. The summed E-state index contributed by atoms with van der Waals surface area (Å²) in [4.78, 5) is 16.3. The quantitative estimate of drug-likeness (QED) is 0.506. The van der Waals surface area contributed by atoms with Crippen LogP contribution in [0.4, 0.5) is 24.7 Å². The summed E-state index contributed by atoms with van der Waals surface area (Å²) >= 11 is 11.7. The Kier molecular flexibility index (Phi) is 6.30. The predicted molar refractivity (Wildman–Crippen MR) is 107 cm³/mol. The molecule has 4 nitrogen and oxygen atoms in total. The largest absolute Gasteiger partial charge is 0.417 e. The van der Waals surface area contributed by atoms with Crippen LogP contribution in [0.3, 0.4) is 0 Å². The zero-order valence-corrected chi connectivity index (χ0v) is 16.2. The molecule has 9 heteroatoms. The maximum Gasteiger partial charge on any atom is 0.417 e. The van der Waals surface area contributed by atoms with Gasteiger partial charge in [0.2, 0.25) is 0 Å². The lowest BCUT2D eigenvalue weighted by molar-refractivity contribution is -0.137. The molecule has 0 aliphatic carbocycles. The van der Waals surface area contributed by atoms with E-state index in [0.717, 1.165) is 17.8 Å². The summed E-state index contributed by atoms with van der Waals surface area (Å²) in [5, 5.41) is 5.75. The molecule has 0 radical (unpaired) electrons. The van der Waals surface area contributed by atoms with Crippen LogP contribution in [-0.2, 0) is 12.7 Å². The van der Waals surface area contributed by atoms with Crippen LogP contribution in [0.2, 0.25) is 10.0 Å². The average Bonchev–Trinajstić information content (AvgIpc) is 2.69. The van der Waals surface area contributed by atoms with Crippen LogP contribution < -0.4 is 10.6 Å². The molecule has 0 aliphatic rings. The van der Waals surface area contributed by atoms with Crippen molar-refractivity contribution in [2.24, 2.45) is 0 Å². The van der Waals surface area contributed by atoms with Gasteiger partial charge in [0.15, 0.2) is 0 Å². The maximum atomic E-state index is 13.5. The number of anilines is 2. The highest BCUT2D eigenvalue weighted by molar-refractivity contribution is 6.42. The lowest BCUT2D eigenvalue weighted by Crippen LogP contribution is -2.26. The Morgan fingerprint density at radius 1 is 1.00 bits per heavy atom. The molecular formula is C20H14Cl2F3N3O. The minimum Gasteiger partial charge on any atom is -0.348 e. The van der Waals surface area contributed by atoms with Crippen molar-refractivity contribution in [1.82, 2.24) is 10.3 Å². The van der Waals surface area contributed by atoms with E-state index in [4.69, 9.17) is 23.2 Å². The molecule has 0 saturated heterocycles. The molecule has 0 fully saturated rings. The van der Waals surface area contributed by atoms with Gasteiger partial charge in [-0.1, -0.05) is 53.5 Å². The van der Waals surface area contributed by atoms with Crippen LogP contribution in [-0.4, -0.2) is 10.9 Å². The van der Waals surface area contributed by atoms with Gasteiger partial charge in [0.1, 0.15) is 5.82 Å². The van der Waals surface area contributed by atoms with Crippen molar-refractivity contribution in [3.8, 4) is 0 Å². The first-order valence-corrected chi connectivity index (χ1v) is 9.11. The summed E-state index contributed by atoms with van der Waals surface area (Å²) in [5.74, 6) is -0.954. The third-order valence-electron chi connectivity index (χ3n) is 3.94. The highest BCUT2D eigenvalue weighted by Gasteiger charge is 2.36. The average molecular weight is 440 g/mol. The van der Waals surface area contributed by atoms with Gasteiger partial charge >= 0.3 is 6.18 Å². The molecule has 1 aromatic heterocycles. The van der Waals surface area contributed by atoms with E-state index in [1.165, 1.54) is 12.1 Å². The van der Waals surface area contributed by atoms with Crippen molar-refractivity contribution in [2.45, 2.75) is 12.7 Å². The second-order valence-electron chi connectivity index (χ2n) is 6.04. The molecule has 0 bridgehead atoms. The maximum absolute atomic E-state index is 13.5. The summed E-state index contributed by atoms with van der Waals surface area (Å²) < 4.78 is 40.6. The van der Waals surface area contributed by atoms with Gasteiger partial charge in [0, 0.05) is 18.4 Å². The van der Waals surface area contributed by atoms with Gasteiger partial charge in [-0.2, -0.15) is 13.2 Å². The molecule has 0 unspecified atom stereocenters. The number of hydrogen-bond donors (Lipinski definition) is 2. The van der Waals surface area contributed by atoms with Crippen molar-refractivity contribution < 1.29 is 18.0 Å². The van der Waals surface area contributed by atoms with Crippen molar-refractivity contribution in [3.05, 3.63) is 87.5 Å². The number of amides is 1. The molecule has 0 atom stereocenters. The first-order valence-electron chi connectivity index (χ1n) is 8.35. The van der Waals surface area contributed by atoms with Gasteiger partial charge < -0.3 is 10.6 Å². The third-order valence-corrected chi connectivity index (χ3v) is 4.68. The Hall–Kier alpha value is -2.77. The Balaban J connectivity index is 1.83. The monoisotopic (exact) mass is 439 g/mol. The Morgan fingerprint density at radius 3 is 2.38 bits per heavy atom. The molecule has 0 saturated carbocycles. The first kappa shape index (κ1) is 21.0. The molecule has 29 heavy (non-hydrogen) atoms. The van der Waals surface area contributed by atoms with Crippen molar-refractivity contribution in [3.63, 3.8) is 0 Å². The van der Waals surface area contributed by atoms with E-state index in [1.807, 2.05) is 0 Å². The lowest BCUT2D eigenvalue weighted by atomic mass is 10.1. The number of rotatable bonds is 5. The van der Waals surface area contributed by atoms with Gasteiger partial charge in [-0.25, -0.2) is 4.98 Å². The minimum atomic E-state index is -4.74. The number of carbonyl (C=O) groups is 1. The number of halogens is 5. The van der Waals surface area contributed by atoms with Crippen LogP contribution in [0.1, 0.15) is 21.5 Å². The van der Waals surface area contributed by atoms with Crippen molar-refractivity contribution in [2.75, 3.05) is 5.32 Å². The van der Waals surface area contributed by atoms with Gasteiger partial charge in [-0.05, 0) is 29.8 Å². The SMILES string of the molecule is O=C(NCc1ccccc1)c1cnc(Nc2ccc(Cl)c(Cl)c2)cc1C(F)(F)F. The number of hydrogen-bond acceptors (Lipinski definition) is 3. The molecule has 150 valence electrons. The van der Waals surface area contributed by atoms with E-state index in [0.29, 0.717) is 10.7 Å². The molecule has 1 amide bonds. The smallest absolute Gasteiger partial charge is 0.348 e. The lowest BCUT2D eigenvalue weighted by Gasteiger charge is -2.15. The minimum absolute atomic E-state index is 0.0877. The van der Waals surface area contributed by atoms with Crippen molar-refractivity contribution >= 4 is 40.6 Å². The summed E-state index contributed by atoms with van der Waals surface area (Å²) in [5.41, 5.74) is -0.490. The second kappa shape index (κ2) is 8.71. The molecule has 0 aliphatic heterocycles. The standard InChI is InChI=1S/C20H14Cl2F3N3O/c21-16-7-6-13(8-17(16)22)28-18-9-15(20(23,24)25)14(11-26-18)19(29)27-10-12-4-2-1-3-5-12/h1-9,11H,10H2,(H,26,28)(H,27,29). The predicted octanol–water partition coefficient (Wildman–Crippen LogP) is 6.08. The van der Waals surface area contributed by atoms with Gasteiger partial charge in [-0.3, -0.25) is 4.79 Å². The fourth-order valence-electron chi connectivity index (χ4n) is 2.53. The molecule has 1 heterocycles. The van der Waals surface area contributed by atoms with Crippen LogP contribution >= 0.6 is 23.2 Å². The Morgan fingerprint density at radius 2 is 1.72 bits per heavy atom. The molecule has 2 N–H and O–H groups in total. The zero-order valence-electron chi connectivity index (χ0n) is 14.7. The van der Waals surface area contributed by atoms with Crippen LogP contribution in [0.15, 0.2) is 60.8 Å². The molecule has 2 aromatic carbocycles. The van der Waals surface area contributed by atoms with E-state index in [2.05, 4.69) is 15.6 Å². The molecular weight excluding hydrogens is 426 g/mol.